The molecule has 2 aromatic rings. The number of carbonyl (C=O) groups is 1. The number of carbonyl (C=O) groups excluding carboxylic acids is 1. The first-order valence-electron chi connectivity index (χ1n) is 11.3. The minimum absolute atomic E-state index is 0.0157. The number of nitrogens with zero attached hydrogens (tertiary/aromatic N) is 1. The predicted molar refractivity (Wildman–Crippen MR) is 140 cm³/mol. The zero-order valence-corrected chi connectivity index (χ0v) is 22.4. The normalized spacial score (nSPS) is 21.6. The quantitative estimate of drug-likeness (QED) is 0.268. The van der Waals surface area contributed by atoms with Crippen molar-refractivity contribution in [2.45, 2.75) is 58.6 Å². The van der Waals surface area contributed by atoms with Gasteiger partial charge in [0.25, 0.3) is 5.56 Å². The van der Waals surface area contributed by atoms with Gasteiger partial charge in [-0.1, -0.05) is 25.1 Å². The Morgan fingerprint density at radius 2 is 1.92 bits per heavy atom. The van der Waals surface area contributed by atoms with E-state index in [9.17, 15) is 14.4 Å². The summed E-state index contributed by atoms with van der Waals surface area (Å²) in [6, 6.07) is 9.47. The number of rotatable bonds is 10. The molecule has 36 heavy (non-hydrogen) atoms. The molecule has 0 amide bonds. The number of aromatic amines is 1. The average Bonchev–Trinajstić information content (AvgIpc) is 3.19. The summed E-state index contributed by atoms with van der Waals surface area (Å²) in [5.74, 6) is 0.0203. The van der Waals surface area contributed by atoms with Crippen LogP contribution in [0, 0.1) is 18.8 Å². The van der Waals surface area contributed by atoms with Crippen LogP contribution in [0.5, 0.6) is 5.75 Å². The van der Waals surface area contributed by atoms with Gasteiger partial charge in [0.15, 0.2) is 0 Å². The van der Waals surface area contributed by atoms with Crippen LogP contribution in [0.3, 0.4) is 0 Å². The average molecular weight is 538 g/mol. The summed E-state index contributed by atoms with van der Waals surface area (Å²) >= 11 is 5.71. The maximum Gasteiger partial charge on any atom is 0.330 e. The largest absolute Gasteiger partial charge is 0.462 e. The van der Waals surface area contributed by atoms with Crippen molar-refractivity contribution in [3.05, 3.63) is 63.4 Å². The van der Waals surface area contributed by atoms with Crippen molar-refractivity contribution in [2.75, 3.05) is 6.61 Å². The van der Waals surface area contributed by atoms with Gasteiger partial charge in [0.1, 0.15) is 18.0 Å². The van der Waals surface area contributed by atoms with Crippen LogP contribution in [-0.4, -0.2) is 40.4 Å². The Bertz CT molecular complexity index is 1180. The van der Waals surface area contributed by atoms with Crippen molar-refractivity contribution < 1.29 is 23.3 Å². The first kappa shape index (κ1) is 29.5. The van der Waals surface area contributed by atoms with Gasteiger partial charge >= 0.3 is 18.3 Å². The van der Waals surface area contributed by atoms with Gasteiger partial charge in [0.2, 0.25) is 0 Å². The van der Waals surface area contributed by atoms with Crippen molar-refractivity contribution in [3.63, 3.8) is 0 Å². The zero-order valence-electron chi connectivity index (χ0n) is 20.7. The van der Waals surface area contributed by atoms with Crippen molar-refractivity contribution >= 4 is 24.4 Å². The van der Waals surface area contributed by atoms with E-state index in [4.69, 9.17) is 30.3 Å². The monoisotopic (exact) mass is 537 g/mol. The van der Waals surface area contributed by atoms with E-state index in [1.807, 2.05) is 13.0 Å². The minimum atomic E-state index is -3.19. The van der Waals surface area contributed by atoms with Crippen LogP contribution in [0.15, 0.2) is 52.2 Å². The van der Waals surface area contributed by atoms with Gasteiger partial charge in [-0.2, -0.15) is 0 Å². The van der Waals surface area contributed by atoms with Gasteiger partial charge in [-0.15, -0.1) is 12.8 Å². The highest BCUT2D eigenvalue weighted by molar-refractivity contribution is 8.09. The Labute approximate surface area is 215 Å². The van der Waals surface area contributed by atoms with Crippen LogP contribution >= 0.6 is 6.64 Å². The van der Waals surface area contributed by atoms with Crippen LogP contribution in [0.25, 0.3) is 0 Å². The number of esters is 1. The van der Waals surface area contributed by atoms with Crippen LogP contribution in [-0.2, 0) is 30.6 Å². The number of hydrogen-bond donors (Lipinski definition) is 2. The number of H-pyrrole nitrogens is 1. The summed E-state index contributed by atoms with van der Waals surface area (Å²) in [6.45, 7) is 4.01. The molecule has 1 aliphatic rings. The van der Waals surface area contributed by atoms with Crippen LogP contribution in [0.2, 0.25) is 0 Å². The molecule has 196 valence electrons. The molecule has 3 rings (SSSR count). The van der Waals surface area contributed by atoms with Gasteiger partial charge < -0.3 is 18.5 Å². The second kappa shape index (κ2) is 13.5. The van der Waals surface area contributed by atoms with Gasteiger partial charge in [0.05, 0.1) is 18.8 Å². The number of para-hydroxylation sites is 1. The molecular formula is C24H32N3O7PS. The van der Waals surface area contributed by atoms with Crippen molar-refractivity contribution in [3.8, 4) is 18.6 Å². The van der Waals surface area contributed by atoms with E-state index in [2.05, 4.69) is 22.9 Å². The molecule has 0 unspecified atom stereocenters. The fraction of sp³-hybridized carbons (Fsp3) is 0.458. The number of nitrogens with one attached hydrogen (secondary N) is 2. The Morgan fingerprint density at radius 1 is 1.25 bits per heavy atom. The van der Waals surface area contributed by atoms with E-state index < -0.39 is 36.1 Å². The zero-order chi connectivity index (χ0) is 26.9. The Balaban J connectivity index is 0.00000222. The summed E-state index contributed by atoms with van der Waals surface area (Å²) in [7, 11) is 0. The SMILES string of the molecule is C#C.CC(C)OC(=O)[C@H](C)N[P@](=S)(OC[C@@H]1C[C@H](C)[C@H](n2ccc(=O)[nH]c2=O)O1)Oc1ccccc1. The Hall–Kier alpha value is -2.74. The molecule has 1 aliphatic heterocycles. The standard InChI is InChI=1S/C22H30N3O7PS.C2H2/c1-14(2)30-21(27)16(4)24-33(34,32-17-8-6-5-7-9-17)29-13-18-12-15(3)20(31-18)25-11-10-19(26)23-22(25)28;1-2/h5-11,14-16,18,20H,12-13H2,1-4H3,(H,24,34)(H,23,26,28);1-2H/t15-,16-,18-,20+,33-;/m0./s1. The number of terminal acetylenes is 1. The third kappa shape index (κ3) is 8.43. The molecule has 2 heterocycles. The Morgan fingerprint density at radius 3 is 2.53 bits per heavy atom. The van der Waals surface area contributed by atoms with E-state index in [1.165, 1.54) is 16.8 Å². The molecule has 0 aliphatic carbocycles. The summed E-state index contributed by atoms with van der Waals surface area (Å²) < 4.78 is 24.7. The van der Waals surface area contributed by atoms with Gasteiger partial charge in [-0.05, 0) is 51.1 Å². The van der Waals surface area contributed by atoms with Crippen molar-refractivity contribution in [2.24, 2.45) is 5.92 Å². The number of hydrogen-bond acceptors (Lipinski definition) is 8. The summed E-state index contributed by atoms with van der Waals surface area (Å²) in [4.78, 5) is 38.1. The second-order valence-electron chi connectivity index (χ2n) is 8.41. The van der Waals surface area contributed by atoms with Crippen LogP contribution in [0.4, 0.5) is 0 Å². The lowest BCUT2D eigenvalue weighted by Crippen LogP contribution is -2.36. The highest BCUT2D eigenvalue weighted by atomic mass is 32.5. The van der Waals surface area contributed by atoms with Gasteiger partial charge in [-0.3, -0.25) is 19.1 Å². The third-order valence-corrected chi connectivity index (χ3v) is 7.53. The predicted octanol–water partition coefficient (Wildman–Crippen LogP) is 2.96. The van der Waals surface area contributed by atoms with E-state index >= 15 is 0 Å². The topological polar surface area (TPSA) is 121 Å². The fourth-order valence-corrected chi connectivity index (χ4v) is 5.94. The molecule has 1 saturated heterocycles. The van der Waals surface area contributed by atoms with E-state index in [-0.39, 0.29) is 24.7 Å². The molecule has 1 aromatic carbocycles. The van der Waals surface area contributed by atoms with Crippen LogP contribution < -0.4 is 20.9 Å². The molecule has 1 fully saturated rings. The van der Waals surface area contributed by atoms with E-state index in [0.29, 0.717) is 12.2 Å². The van der Waals surface area contributed by atoms with Crippen molar-refractivity contribution in [1.82, 2.24) is 14.6 Å². The van der Waals surface area contributed by atoms with Gasteiger partial charge in [0, 0.05) is 18.2 Å². The molecular weight excluding hydrogens is 505 g/mol. The van der Waals surface area contributed by atoms with Crippen LogP contribution in [0.1, 0.15) is 40.3 Å². The molecule has 0 radical (unpaired) electrons. The van der Waals surface area contributed by atoms with Gasteiger partial charge in [-0.25, -0.2) is 9.88 Å². The molecule has 1 aromatic heterocycles. The Kier molecular flexibility index (Phi) is 11.1. The lowest BCUT2D eigenvalue weighted by Gasteiger charge is -2.27. The highest BCUT2D eigenvalue weighted by Crippen LogP contribution is 2.46. The summed E-state index contributed by atoms with van der Waals surface area (Å²) in [5.41, 5.74) is -1.01. The fourth-order valence-electron chi connectivity index (χ4n) is 3.51. The second-order valence-corrected chi connectivity index (χ2v) is 11.5. The smallest absolute Gasteiger partial charge is 0.330 e. The molecule has 12 heteroatoms. The first-order valence-corrected chi connectivity index (χ1v) is 14.0. The molecule has 0 bridgehead atoms. The third-order valence-electron chi connectivity index (χ3n) is 5.04. The summed E-state index contributed by atoms with van der Waals surface area (Å²) in [5, 5.41) is 3.00. The molecule has 0 spiro atoms. The summed E-state index contributed by atoms with van der Waals surface area (Å²) in [6.07, 6.45) is 8.81. The molecule has 2 N–H and O–H groups in total. The number of aromatic nitrogens is 2. The van der Waals surface area contributed by atoms with E-state index in [1.54, 1.807) is 45.0 Å². The lowest BCUT2D eigenvalue weighted by atomic mass is 10.1. The van der Waals surface area contributed by atoms with Crippen molar-refractivity contribution in [1.29, 1.82) is 0 Å². The maximum atomic E-state index is 12.3. The molecule has 5 atom stereocenters. The lowest BCUT2D eigenvalue weighted by molar-refractivity contribution is -0.149. The highest BCUT2D eigenvalue weighted by Gasteiger charge is 2.36. The number of ether oxygens (including phenoxy) is 2. The molecule has 10 nitrogen and oxygen atoms in total. The number of benzene rings is 1. The molecule has 0 saturated carbocycles. The first-order chi connectivity index (χ1) is 17.1. The van der Waals surface area contributed by atoms with E-state index in [0.717, 1.165) is 0 Å². The minimum Gasteiger partial charge on any atom is -0.462 e. The maximum absolute atomic E-state index is 12.3.